The van der Waals surface area contributed by atoms with E-state index in [4.69, 9.17) is 47.4 Å². The third-order valence-electron chi connectivity index (χ3n) is 17.4. The van der Waals surface area contributed by atoms with Crippen LogP contribution >= 0.6 is 0 Å². The molecule has 0 radical (unpaired) electrons. The van der Waals surface area contributed by atoms with E-state index >= 15 is 0 Å². The van der Waals surface area contributed by atoms with E-state index in [1.807, 2.05) is 13.0 Å². The van der Waals surface area contributed by atoms with Crippen molar-refractivity contribution in [2.45, 2.75) is 248 Å². The van der Waals surface area contributed by atoms with E-state index < -0.39 is 144 Å². The van der Waals surface area contributed by atoms with Gasteiger partial charge in [-0.1, -0.05) is 25.5 Å². The van der Waals surface area contributed by atoms with Crippen LogP contribution in [0.2, 0.25) is 0 Å². The summed E-state index contributed by atoms with van der Waals surface area (Å²) in [6.07, 6.45) is -7.48. The van der Waals surface area contributed by atoms with Gasteiger partial charge in [-0.3, -0.25) is 9.59 Å². The molecule has 0 aromatic rings. The first kappa shape index (κ1) is 50.7. The Morgan fingerprint density at radius 3 is 1.67 bits per heavy atom. The monoisotopic (exact) mass is 941 g/mol. The molecule has 0 amide bonds. The van der Waals surface area contributed by atoms with Gasteiger partial charge in [0.1, 0.15) is 47.5 Å². The second kappa shape index (κ2) is 19.1. The number of hydrogen-bond donors (Lipinski definition) is 6. The number of carbonyl (C=O) groups excluding carboxylic acids is 2. The number of esters is 1. The molecular formula is C48H76O18. The molecule has 0 unspecified atom stereocenters. The Morgan fingerprint density at radius 2 is 1.18 bits per heavy atom. The number of aliphatic hydroxyl groups excluding tert-OH is 4. The second-order valence-corrected chi connectivity index (χ2v) is 21.3. The van der Waals surface area contributed by atoms with E-state index in [0.29, 0.717) is 32.1 Å². The lowest BCUT2D eigenvalue weighted by atomic mass is 9.43. The van der Waals surface area contributed by atoms with E-state index in [0.717, 1.165) is 5.57 Å². The van der Waals surface area contributed by atoms with Crippen molar-refractivity contribution in [3.63, 3.8) is 0 Å². The van der Waals surface area contributed by atoms with Crippen LogP contribution in [0.5, 0.6) is 0 Å². The molecule has 8 aliphatic rings. The number of rotatable bonds is 11. The minimum absolute atomic E-state index is 0.0484. The standard InChI is InChI=1S/C48H76O18/c1-22(49)30-12-15-48(56)46(30,8)36(62-27(6)50)21-35-45(7)13-11-29(16-28(45)10-14-47(35,48)55)63-37-17-31(51)42(24(3)59-37)64-38-18-32(52)43(25(4)60-38)65-39-19-33(53)44(26(5)61-39)66-40-20-34(57-9)41(54)23(2)58-40/h10,23-26,29-44,51-56H,11-21H2,1-9H3/t23-,24-,25-,26+,29+,30+,31-,32+,33+,34+,35-,36-,37-,38-,39-,40-,41+,42-,43+,44+,45+,46-,47-,48-/m1/s1. The van der Waals surface area contributed by atoms with Crippen molar-refractivity contribution >= 4 is 11.8 Å². The van der Waals surface area contributed by atoms with Crippen LogP contribution in [0.4, 0.5) is 0 Å². The number of carbonyl (C=O) groups is 2. The van der Waals surface area contributed by atoms with Gasteiger partial charge in [0.05, 0.1) is 54.9 Å². The van der Waals surface area contributed by atoms with Crippen LogP contribution in [0.25, 0.3) is 0 Å². The quantitative estimate of drug-likeness (QED) is 0.129. The lowest BCUT2D eigenvalue weighted by Gasteiger charge is -2.66. The summed E-state index contributed by atoms with van der Waals surface area (Å²) in [6.45, 7) is 13.8. The Hall–Kier alpha value is -1.72. The van der Waals surface area contributed by atoms with Crippen LogP contribution in [0.3, 0.4) is 0 Å². The SMILES string of the molecule is CO[C@H]1C[C@@H](O[C@H]2[C@H](C)O[C@H](O[C@@H]3[C@@H](O)C[C@@H](O[C@H]4[C@H](O)C[C@@H](O[C@H]5CC[C@@]6(C)C(=CC[C@@]7(O)[C@@H]6C[C@@H](OC(C)=O)[C@@]6(C)[C@H](C(C)=O)CC[C@@]67O)C5)O[C@@H]4C)O[C@@H]3C)C[C@@H]2O)O[C@H](C)[C@@H]1O. The molecule has 0 aromatic heterocycles. The van der Waals surface area contributed by atoms with E-state index in [9.17, 15) is 40.2 Å². The molecule has 6 N–H and O–H groups in total. The molecular weight excluding hydrogens is 865 g/mol. The Labute approximate surface area is 387 Å². The average Bonchev–Trinajstić information content (AvgIpc) is 3.53. The number of ether oxygens (including phenoxy) is 10. The summed E-state index contributed by atoms with van der Waals surface area (Å²) in [7, 11) is 1.52. The predicted octanol–water partition coefficient (Wildman–Crippen LogP) is 2.46. The maximum Gasteiger partial charge on any atom is 0.302 e. The van der Waals surface area contributed by atoms with Crippen LogP contribution in [-0.2, 0) is 57.0 Å². The Morgan fingerprint density at radius 1 is 0.682 bits per heavy atom. The molecule has 66 heavy (non-hydrogen) atoms. The third kappa shape index (κ3) is 8.88. The van der Waals surface area contributed by atoms with Crippen molar-refractivity contribution in [3.05, 3.63) is 11.6 Å². The summed E-state index contributed by atoms with van der Waals surface area (Å²) in [5, 5.41) is 69.4. The highest BCUT2D eigenvalue weighted by molar-refractivity contribution is 5.80. The van der Waals surface area contributed by atoms with Crippen LogP contribution in [0, 0.1) is 22.7 Å². The maximum absolute atomic E-state index is 12.9. The van der Waals surface area contributed by atoms with E-state index in [-0.39, 0.29) is 50.4 Å². The summed E-state index contributed by atoms with van der Waals surface area (Å²) in [5.74, 6) is -1.56. The summed E-state index contributed by atoms with van der Waals surface area (Å²) in [4.78, 5) is 25.4. The summed E-state index contributed by atoms with van der Waals surface area (Å²) >= 11 is 0. The normalized spacial score (nSPS) is 52.9. The minimum atomic E-state index is -1.64. The minimum Gasteiger partial charge on any atom is -0.462 e. The van der Waals surface area contributed by atoms with Crippen LogP contribution in [-0.4, -0.2) is 171 Å². The summed E-state index contributed by atoms with van der Waals surface area (Å²) in [6, 6.07) is 0. The van der Waals surface area contributed by atoms with Gasteiger partial charge < -0.3 is 78.0 Å². The smallest absolute Gasteiger partial charge is 0.302 e. The van der Waals surface area contributed by atoms with Gasteiger partial charge in [0.2, 0.25) is 0 Å². The van der Waals surface area contributed by atoms with Crippen molar-refractivity contribution in [2.75, 3.05) is 7.11 Å². The molecule has 4 saturated heterocycles. The highest BCUT2D eigenvalue weighted by Gasteiger charge is 2.77. The molecule has 0 spiro atoms. The largest absolute Gasteiger partial charge is 0.462 e. The number of ketones is 1. The lowest BCUT2D eigenvalue weighted by molar-refractivity contribution is -0.344. The highest BCUT2D eigenvalue weighted by atomic mass is 16.8. The predicted molar refractivity (Wildman–Crippen MR) is 230 cm³/mol. The van der Waals surface area contributed by atoms with Gasteiger partial charge >= 0.3 is 5.97 Å². The first-order chi connectivity index (χ1) is 31.0. The topological polar surface area (TPSA) is 248 Å². The fourth-order valence-corrected chi connectivity index (χ4v) is 13.7. The molecule has 0 bridgehead atoms. The van der Waals surface area contributed by atoms with E-state index in [1.165, 1.54) is 21.0 Å². The van der Waals surface area contributed by atoms with Gasteiger partial charge in [-0.25, -0.2) is 0 Å². The third-order valence-corrected chi connectivity index (χ3v) is 17.4. The summed E-state index contributed by atoms with van der Waals surface area (Å²) in [5.41, 5.74) is -3.75. The lowest BCUT2D eigenvalue weighted by Crippen LogP contribution is -2.75. The van der Waals surface area contributed by atoms with Gasteiger partial charge in [0.25, 0.3) is 0 Å². The Bertz CT molecular complexity index is 1750. The van der Waals surface area contributed by atoms with Crippen LogP contribution < -0.4 is 0 Å². The first-order valence-electron chi connectivity index (χ1n) is 24.3. The molecule has 7 fully saturated rings. The highest BCUT2D eigenvalue weighted by Crippen LogP contribution is 2.70. The number of fused-ring (bicyclic) bond motifs is 5. The number of hydrogen-bond acceptors (Lipinski definition) is 18. The summed E-state index contributed by atoms with van der Waals surface area (Å²) < 4.78 is 60.8. The van der Waals surface area contributed by atoms with Crippen molar-refractivity contribution < 1.29 is 87.6 Å². The molecule has 0 aromatic carbocycles. The fourth-order valence-electron chi connectivity index (χ4n) is 13.7. The second-order valence-electron chi connectivity index (χ2n) is 21.3. The first-order valence-corrected chi connectivity index (χ1v) is 24.3. The molecule has 376 valence electrons. The van der Waals surface area contributed by atoms with Crippen molar-refractivity contribution in [1.82, 2.24) is 0 Å². The molecule has 18 heteroatoms. The fraction of sp³-hybridized carbons (Fsp3) is 0.917. The molecule has 4 aliphatic heterocycles. The van der Waals surface area contributed by atoms with Gasteiger partial charge in [-0.15, -0.1) is 0 Å². The van der Waals surface area contributed by atoms with Crippen LogP contribution in [0.15, 0.2) is 11.6 Å². The zero-order valence-corrected chi connectivity index (χ0v) is 40.0. The molecule has 3 saturated carbocycles. The molecule has 18 nitrogen and oxygen atoms in total. The maximum atomic E-state index is 12.9. The van der Waals surface area contributed by atoms with E-state index in [1.54, 1.807) is 27.7 Å². The Kier molecular flexibility index (Phi) is 14.7. The molecule has 24 atom stereocenters. The molecule has 4 heterocycles. The van der Waals surface area contributed by atoms with Crippen molar-refractivity contribution in [1.29, 1.82) is 0 Å². The number of methoxy groups -OCH3 is 1. The zero-order valence-electron chi connectivity index (χ0n) is 40.0. The van der Waals surface area contributed by atoms with Crippen LogP contribution in [0.1, 0.15) is 126 Å². The van der Waals surface area contributed by atoms with E-state index in [2.05, 4.69) is 6.92 Å². The number of Topliss-reactive ketones (excluding diaryl/α,β-unsaturated/α-hetero) is 1. The average molecular weight is 941 g/mol. The Balaban J connectivity index is 0.827. The van der Waals surface area contributed by atoms with Gasteiger partial charge in [-0.05, 0) is 85.0 Å². The number of aliphatic hydroxyl groups is 6. The zero-order chi connectivity index (χ0) is 47.8. The molecule has 8 rings (SSSR count). The molecule has 4 aliphatic carbocycles. The van der Waals surface area contributed by atoms with Gasteiger partial charge in [0, 0.05) is 57.0 Å². The van der Waals surface area contributed by atoms with Crippen molar-refractivity contribution in [2.24, 2.45) is 22.7 Å². The van der Waals surface area contributed by atoms with Crippen molar-refractivity contribution in [3.8, 4) is 0 Å². The van der Waals surface area contributed by atoms with Gasteiger partial charge in [-0.2, -0.15) is 0 Å². The van der Waals surface area contributed by atoms with Gasteiger partial charge in [0.15, 0.2) is 25.2 Å².